The third-order valence-corrected chi connectivity index (χ3v) is 4.40. The maximum Gasteiger partial charge on any atom is 0.411 e. The second-order valence-electron chi connectivity index (χ2n) is 5.72. The normalized spacial score (nSPS) is 20.3. The molecule has 1 spiro atoms. The van der Waals surface area contributed by atoms with Gasteiger partial charge < -0.3 is 4.74 Å². The zero-order valence-corrected chi connectivity index (χ0v) is 11.8. The molecule has 2 aliphatic rings. The van der Waals surface area contributed by atoms with Crippen LogP contribution < -0.4 is 0 Å². The highest BCUT2D eigenvalue weighted by atomic mass is 16.6. The molecular formula is C17H21NO2. The van der Waals surface area contributed by atoms with Gasteiger partial charge >= 0.3 is 6.09 Å². The number of hydrogen-bond acceptors (Lipinski definition) is 2. The second-order valence-corrected chi connectivity index (χ2v) is 5.72. The predicted molar refractivity (Wildman–Crippen MR) is 78.3 cm³/mol. The Bertz CT molecular complexity index is 489. The fourth-order valence-corrected chi connectivity index (χ4v) is 3.30. The number of benzene rings is 1. The maximum atomic E-state index is 12.4. The van der Waals surface area contributed by atoms with E-state index in [4.69, 9.17) is 4.74 Å². The summed E-state index contributed by atoms with van der Waals surface area (Å²) in [6, 6.07) is 9.84. The molecule has 0 radical (unpaired) electrons. The lowest BCUT2D eigenvalue weighted by Gasteiger charge is -2.40. The van der Waals surface area contributed by atoms with Crippen LogP contribution in [0.3, 0.4) is 0 Å². The van der Waals surface area contributed by atoms with Crippen molar-refractivity contribution in [1.29, 1.82) is 0 Å². The van der Waals surface area contributed by atoms with Crippen LogP contribution >= 0.6 is 0 Å². The first kappa shape index (κ1) is 13.2. The lowest BCUT2D eigenvalue weighted by atomic mass is 9.82. The number of carbonyl (C=O) groups is 1. The molecule has 106 valence electrons. The minimum Gasteiger partial charge on any atom is -0.445 e. The van der Waals surface area contributed by atoms with E-state index in [1.54, 1.807) is 0 Å². The summed E-state index contributed by atoms with van der Waals surface area (Å²) in [5.74, 6) is 0. The standard InChI is InChI=1S/C17H21NO2/c19-16(20-14-15-8-3-1-4-9-15)18-13-7-12-17(18)10-5-2-6-11-17/h1,3-4,7-9,12H,2,5-6,10-11,13-14H2. The van der Waals surface area contributed by atoms with Crippen LogP contribution in [0.4, 0.5) is 4.79 Å². The second kappa shape index (κ2) is 5.70. The number of amides is 1. The Morgan fingerprint density at radius 1 is 1.15 bits per heavy atom. The lowest BCUT2D eigenvalue weighted by molar-refractivity contribution is 0.0599. The fraction of sp³-hybridized carbons (Fsp3) is 0.471. The molecular weight excluding hydrogens is 250 g/mol. The van der Waals surface area contributed by atoms with E-state index in [0.29, 0.717) is 13.2 Å². The van der Waals surface area contributed by atoms with E-state index in [9.17, 15) is 4.79 Å². The molecule has 1 aromatic rings. The van der Waals surface area contributed by atoms with Crippen LogP contribution in [0.5, 0.6) is 0 Å². The van der Waals surface area contributed by atoms with Crippen molar-refractivity contribution in [3.8, 4) is 0 Å². The zero-order valence-electron chi connectivity index (χ0n) is 11.8. The molecule has 1 saturated carbocycles. The van der Waals surface area contributed by atoms with Crippen molar-refractivity contribution in [2.75, 3.05) is 6.54 Å². The average molecular weight is 271 g/mol. The van der Waals surface area contributed by atoms with E-state index in [1.165, 1.54) is 19.3 Å². The molecule has 1 aliphatic carbocycles. The highest BCUT2D eigenvalue weighted by Crippen LogP contribution is 2.38. The van der Waals surface area contributed by atoms with Gasteiger partial charge in [0, 0.05) is 6.54 Å². The lowest BCUT2D eigenvalue weighted by Crippen LogP contribution is -2.48. The summed E-state index contributed by atoms with van der Waals surface area (Å²) in [6.07, 6.45) is 9.97. The van der Waals surface area contributed by atoms with E-state index in [2.05, 4.69) is 12.2 Å². The topological polar surface area (TPSA) is 29.5 Å². The van der Waals surface area contributed by atoms with Gasteiger partial charge in [-0.05, 0) is 18.4 Å². The molecule has 3 rings (SSSR count). The average Bonchev–Trinajstić information content (AvgIpc) is 2.90. The Hall–Kier alpha value is -1.77. The van der Waals surface area contributed by atoms with Crippen LogP contribution in [0.1, 0.15) is 37.7 Å². The molecule has 3 nitrogen and oxygen atoms in total. The van der Waals surface area contributed by atoms with Gasteiger partial charge in [-0.25, -0.2) is 4.79 Å². The Labute approximate surface area is 120 Å². The smallest absolute Gasteiger partial charge is 0.411 e. The summed E-state index contributed by atoms with van der Waals surface area (Å²) >= 11 is 0. The summed E-state index contributed by atoms with van der Waals surface area (Å²) in [7, 11) is 0. The van der Waals surface area contributed by atoms with Gasteiger partial charge in [-0.3, -0.25) is 4.90 Å². The van der Waals surface area contributed by atoms with Gasteiger partial charge in [-0.15, -0.1) is 0 Å². The summed E-state index contributed by atoms with van der Waals surface area (Å²) < 4.78 is 5.49. The summed E-state index contributed by atoms with van der Waals surface area (Å²) in [4.78, 5) is 14.3. The molecule has 0 unspecified atom stereocenters. The van der Waals surface area contributed by atoms with Gasteiger partial charge in [0.15, 0.2) is 0 Å². The number of rotatable bonds is 2. The summed E-state index contributed by atoms with van der Waals surface area (Å²) in [5, 5.41) is 0. The molecule has 0 bridgehead atoms. The molecule has 1 heterocycles. The van der Waals surface area contributed by atoms with Crippen LogP contribution in [-0.2, 0) is 11.3 Å². The van der Waals surface area contributed by atoms with Crippen molar-refractivity contribution in [2.45, 2.75) is 44.2 Å². The van der Waals surface area contributed by atoms with Crippen molar-refractivity contribution in [1.82, 2.24) is 4.90 Å². The van der Waals surface area contributed by atoms with Gasteiger partial charge in [-0.2, -0.15) is 0 Å². The highest BCUT2D eigenvalue weighted by molar-refractivity contribution is 5.70. The van der Waals surface area contributed by atoms with Crippen LogP contribution in [0.2, 0.25) is 0 Å². The molecule has 0 aromatic heterocycles. The molecule has 1 fully saturated rings. The minimum absolute atomic E-state index is 0.0635. The zero-order chi connectivity index (χ0) is 13.8. The van der Waals surface area contributed by atoms with Crippen LogP contribution in [0, 0.1) is 0 Å². The molecule has 1 aliphatic heterocycles. The monoisotopic (exact) mass is 271 g/mol. The number of nitrogens with zero attached hydrogens (tertiary/aromatic N) is 1. The maximum absolute atomic E-state index is 12.4. The molecule has 1 aromatic carbocycles. The summed E-state index contributed by atoms with van der Waals surface area (Å²) in [6.45, 7) is 1.04. The molecule has 20 heavy (non-hydrogen) atoms. The first-order valence-corrected chi connectivity index (χ1v) is 7.46. The van der Waals surface area contributed by atoms with E-state index < -0.39 is 0 Å². The molecule has 1 amide bonds. The third kappa shape index (κ3) is 2.58. The van der Waals surface area contributed by atoms with Crippen molar-refractivity contribution < 1.29 is 9.53 Å². The van der Waals surface area contributed by atoms with Gasteiger partial charge in [0.25, 0.3) is 0 Å². The molecule has 3 heteroatoms. The molecule has 0 atom stereocenters. The minimum atomic E-state index is -0.180. The van der Waals surface area contributed by atoms with Crippen molar-refractivity contribution in [2.24, 2.45) is 0 Å². The Morgan fingerprint density at radius 3 is 2.65 bits per heavy atom. The Morgan fingerprint density at radius 2 is 1.90 bits per heavy atom. The van der Waals surface area contributed by atoms with E-state index >= 15 is 0 Å². The first-order chi connectivity index (χ1) is 9.80. The first-order valence-electron chi connectivity index (χ1n) is 7.46. The SMILES string of the molecule is O=C(OCc1ccccc1)N1CC=CC12CCCCC2. The van der Waals surface area contributed by atoms with Gasteiger partial charge in [-0.1, -0.05) is 61.7 Å². The van der Waals surface area contributed by atoms with E-state index in [-0.39, 0.29) is 11.6 Å². The van der Waals surface area contributed by atoms with Crippen molar-refractivity contribution in [3.05, 3.63) is 48.0 Å². The predicted octanol–water partition coefficient (Wildman–Crippen LogP) is 3.90. The van der Waals surface area contributed by atoms with Crippen LogP contribution in [0.15, 0.2) is 42.5 Å². The Balaban J connectivity index is 1.62. The number of hydrogen-bond donors (Lipinski definition) is 0. The molecule has 0 saturated heterocycles. The summed E-state index contributed by atoms with van der Waals surface area (Å²) in [5.41, 5.74) is 0.970. The van der Waals surface area contributed by atoms with E-state index in [0.717, 1.165) is 18.4 Å². The van der Waals surface area contributed by atoms with E-state index in [1.807, 2.05) is 35.2 Å². The van der Waals surface area contributed by atoms with Crippen LogP contribution in [-0.4, -0.2) is 23.1 Å². The van der Waals surface area contributed by atoms with Gasteiger partial charge in [0.05, 0.1) is 5.54 Å². The largest absolute Gasteiger partial charge is 0.445 e. The fourth-order valence-electron chi connectivity index (χ4n) is 3.30. The Kier molecular flexibility index (Phi) is 3.77. The third-order valence-electron chi connectivity index (χ3n) is 4.40. The van der Waals surface area contributed by atoms with Crippen LogP contribution in [0.25, 0.3) is 0 Å². The highest BCUT2D eigenvalue weighted by Gasteiger charge is 2.41. The van der Waals surface area contributed by atoms with Crippen molar-refractivity contribution in [3.63, 3.8) is 0 Å². The van der Waals surface area contributed by atoms with Gasteiger partial charge in [0.1, 0.15) is 6.61 Å². The number of carbonyl (C=O) groups excluding carboxylic acids is 1. The van der Waals surface area contributed by atoms with Gasteiger partial charge in [0.2, 0.25) is 0 Å². The number of ether oxygens (including phenoxy) is 1. The van der Waals surface area contributed by atoms with Crippen molar-refractivity contribution >= 4 is 6.09 Å². The molecule has 0 N–H and O–H groups in total. The quantitative estimate of drug-likeness (QED) is 0.763.